The molecule has 1 unspecified atom stereocenters. The van der Waals surface area contributed by atoms with Crippen molar-refractivity contribution in [3.63, 3.8) is 0 Å². The van der Waals surface area contributed by atoms with E-state index in [1.165, 1.54) is 0 Å². The van der Waals surface area contributed by atoms with Crippen molar-refractivity contribution >= 4 is 11.6 Å². The largest absolute Gasteiger partial charge is 0.461 e. The maximum absolute atomic E-state index is 5.75. The number of nitrogens with zero attached hydrogens (tertiary/aromatic N) is 2. The Morgan fingerprint density at radius 3 is 2.92 bits per heavy atom. The van der Waals surface area contributed by atoms with Gasteiger partial charge in [0.05, 0.1) is 6.26 Å². The van der Waals surface area contributed by atoms with Crippen LogP contribution in [0.25, 0.3) is 11.6 Å². The van der Waals surface area contributed by atoms with Crippen molar-refractivity contribution in [3.8, 4) is 11.6 Å². The molecule has 2 heterocycles. The minimum Gasteiger partial charge on any atom is -0.461 e. The Kier molecular flexibility index (Phi) is 2.06. The average molecular weight is 199 g/mol. The molecule has 0 bridgehead atoms. The molecule has 4 nitrogen and oxygen atoms in total. The number of alkyl halides is 1. The van der Waals surface area contributed by atoms with Gasteiger partial charge in [0.2, 0.25) is 11.7 Å². The quantitative estimate of drug-likeness (QED) is 0.696. The molecule has 0 N–H and O–H groups in total. The molecule has 2 aromatic rings. The zero-order valence-corrected chi connectivity index (χ0v) is 7.65. The van der Waals surface area contributed by atoms with Gasteiger partial charge in [0.1, 0.15) is 5.38 Å². The second kappa shape index (κ2) is 3.22. The number of hydrogen-bond acceptors (Lipinski definition) is 4. The van der Waals surface area contributed by atoms with E-state index in [0.29, 0.717) is 17.5 Å². The average Bonchev–Trinajstić information content (AvgIpc) is 2.75. The molecule has 0 aliphatic rings. The van der Waals surface area contributed by atoms with Gasteiger partial charge in [0.15, 0.2) is 5.76 Å². The van der Waals surface area contributed by atoms with Gasteiger partial charge in [0, 0.05) is 0 Å². The van der Waals surface area contributed by atoms with E-state index < -0.39 is 0 Å². The van der Waals surface area contributed by atoms with Crippen molar-refractivity contribution in [2.45, 2.75) is 12.3 Å². The van der Waals surface area contributed by atoms with E-state index in [-0.39, 0.29) is 5.38 Å². The van der Waals surface area contributed by atoms with Crippen LogP contribution >= 0.6 is 11.6 Å². The first kappa shape index (κ1) is 8.31. The van der Waals surface area contributed by atoms with E-state index in [9.17, 15) is 0 Å². The van der Waals surface area contributed by atoms with Crippen molar-refractivity contribution in [2.24, 2.45) is 0 Å². The fourth-order valence-corrected chi connectivity index (χ4v) is 0.991. The molecule has 2 rings (SSSR count). The van der Waals surface area contributed by atoms with Crippen molar-refractivity contribution in [1.29, 1.82) is 0 Å². The first-order valence-electron chi connectivity index (χ1n) is 3.79. The molecule has 0 spiro atoms. The van der Waals surface area contributed by atoms with Crippen LogP contribution in [0.4, 0.5) is 0 Å². The summed E-state index contributed by atoms with van der Waals surface area (Å²) < 4.78 is 9.98. The Bertz CT molecular complexity index is 381. The SMILES string of the molecule is CC(Cl)c1nc(-c2ccco2)no1. The van der Waals surface area contributed by atoms with E-state index in [4.69, 9.17) is 20.5 Å². The van der Waals surface area contributed by atoms with Gasteiger partial charge in [-0.25, -0.2) is 0 Å². The number of rotatable bonds is 2. The van der Waals surface area contributed by atoms with E-state index >= 15 is 0 Å². The van der Waals surface area contributed by atoms with E-state index in [2.05, 4.69) is 10.1 Å². The molecule has 0 amide bonds. The Hall–Kier alpha value is -1.29. The van der Waals surface area contributed by atoms with Crippen LogP contribution in [0.2, 0.25) is 0 Å². The summed E-state index contributed by atoms with van der Waals surface area (Å²) in [7, 11) is 0. The van der Waals surface area contributed by atoms with Crippen LogP contribution in [-0.4, -0.2) is 10.1 Å². The van der Waals surface area contributed by atoms with Crippen LogP contribution in [0, 0.1) is 0 Å². The third-order valence-corrected chi connectivity index (χ3v) is 1.71. The van der Waals surface area contributed by atoms with Crippen molar-refractivity contribution in [3.05, 3.63) is 24.3 Å². The molecule has 0 radical (unpaired) electrons. The summed E-state index contributed by atoms with van der Waals surface area (Å²) in [5.41, 5.74) is 0. The fourth-order valence-electron chi connectivity index (χ4n) is 0.903. The third kappa shape index (κ3) is 1.58. The van der Waals surface area contributed by atoms with Gasteiger partial charge in [-0.3, -0.25) is 0 Å². The lowest BCUT2D eigenvalue weighted by Gasteiger charge is -1.89. The summed E-state index contributed by atoms with van der Waals surface area (Å²) in [5.74, 6) is 1.40. The number of halogens is 1. The highest BCUT2D eigenvalue weighted by Crippen LogP contribution is 2.21. The first-order valence-corrected chi connectivity index (χ1v) is 4.22. The first-order chi connectivity index (χ1) is 6.27. The highest BCUT2D eigenvalue weighted by Gasteiger charge is 2.13. The van der Waals surface area contributed by atoms with Gasteiger partial charge in [0.25, 0.3) is 0 Å². The summed E-state index contributed by atoms with van der Waals surface area (Å²) >= 11 is 5.75. The molecule has 0 saturated heterocycles. The zero-order chi connectivity index (χ0) is 9.26. The molecule has 0 saturated carbocycles. The van der Waals surface area contributed by atoms with E-state index in [1.54, 1.807) is 25.3 Å². The summed E-state index contributed by atoms with van der Waals surface area (Å²) in [6, 6.07) is 3.52. The van der Waals surface area contributed by atoms with Gasteiger partial charge < -0.3 is 8.94 Å². The molecule has 0 aliphatic heterocycles. The number of aromatic nitrogens is 2. The molecule has 0 fully saturated rings. The lowest BCUT2D eigenvalue weighted by Crippen LogP contribution is -1.83. The van der Waals surface area contributed by atoms with Crippen LogP contribution in [0.3, 0.4) is 0 Å². The molecule has 68 valence electrons. The van der Waals surface area contributed by atoms with Crippen LogP contribution in [0.15, 0.2) is 27.3 Å². The standard InChI is InChI=1S/C8H7ClN2O2/c1-5(9)8-10-7(11-13-8)6-3-2-4-12-6/h2-5H,1H3. The Balaban J connectivity index is 2.33. The highest BCUT2D eigenvalue weighted by atomic mass is 35.5. The van der Waals surface area contributed by atoms with E-state index in [1.807, 2.05) is 0 Å². The smallest absolute Gasteiger partial charge is 0.244 e. The molecule has 5 heteroatoms. The zero-order valence-electron chi connectivity index (χ0n) is 6.90. The van der Waals surface area contributed by atoms with Crippen LogP contribution in [0.5, 0.6) is 0 Å². The maximum atomic E-state index is 5.75. The summed E-state index contributed by atoms with van der Waals surface area (Å²) in [6.45, 7) is 1.76. The van der Waals surface area contributed by atoms with Gasteiger partial charge >= 0.3 is 0 Å². The molecule has 0 aromatic carbocycles. The molecular formula is C8H7ClN2O2. The van der Waals surface area contributed by atoms with Crippen LogP contribution in [-0.2, 0) is 0 Å². The molecule has 1 atom stereocenters. The van der Waals surface area contributed by atoms with Crippen molar-refractivity contribution in [2.75, 3.05) is 0 Å². The fraction of sp³-hybridized carbons (Fsp3) is 0.250. The monoisotopic (exact) mass is 198 g/mol. The Labute approximate surface area is 79.5 Å². The maximum Gasteiger partial charge on any atom is 0.244 e. The van der Waals surface area contributed by atoms with Crippen molar-refractivity contribution < 1.29 is 8.94 Å². The molecule has 0 aliphatic carbocycles. The van der Waals surface area contributed by atoms with Gasteiger partial charge in [-0.1, -0.05) is 5.16 Å². The minimum atomic E-state index is -0.281. The lowest BCUT2D eigenvalue weighted by molar-refractivity contribution is 0.378. The lowest BCUT2D eigenvalue weighted by atomic mass is 10.4. The van der Waals surface area contributed by atoms with Gasteiger partial charge in [-0.05, 0) is 19.1 Å². The minimum absolute atomic E-state index is 0.281. The number of hydrogen-bond donors (Lipinski definition) is 0. The Morgan fingerprint density at radius 2 is 2.38 bits per heavy atom. The number of furan rings is 1. The normalized spacial score (nSPS) is 13.1. The molecule has 13 heavy (non-hydrogen) atoms. The summed E-state index contributed by atoms with van der Waals surface area (Å²) in [4.78, 5) is 4.05. The van der Waals surface area contributed by atoms with Gasteiger partial charge in [-0.2, -0.15) is 4.98 Å². The third-order valence-electron chi connectivity index (χ3n) is 1.52. The second-order valence-electron chi connectivity index (χ2n) is 2.55. The molecular weight excluding hydrogens is 192 g/mol. The summed E-state index contributed by atoms with van der Waals surface area (Å²) in [5, 5.41) is 3.43. The molecule has 2 aromatic heterocycles. The predicted octanol–water partition coefficient (Wildman–Crippen LogP) is 2.63. The topological polar surface area (TPSA) is 52.1 Å². The Morgan fingerprint density at radius 1 is 1.54 bits per heavy atom. The van der Waals surface area contributed by atoms with Crippen molar-refractivity contribution in [1.82, 2.24) is 10.1 Å². The summed E-state index contributed by atoms with van der Waals surface area (Å²) in [6.07, 6.45) is 1.55. The predicted molar refractivity (Wildman–Crippen MR) is 46.3 cm³/mol. The van der Waals surface area contributed by atoms with E-state index in [0.717, 1.165) is 0 Å². The van der Waals surface area contributed by atoms with Gasteiger partial charge in [-0.15, -0.1) is 11.6 Å². The highest BCUT2D eigenvalue weighted by molar-refractivity contribution is 6.20. The second-order valence-corrected chi connectivity index (χ2v) is 3.20. The van der Waals surface area contributed by atoms with Crippen LogP contribution in [0.1, 0.15) is 18.2 Å². The van der Waals surface area contributed by atoms with Crippen LogP contribution < -0.4 is 0 Å².